The summed E-state index contributed by atoms with van der Waals surface area (Å²) in [4.78, 5) is 10.1. The second-order valence-electron chi connectivity index (χ2n) is 12.3. The molecule has 0 amide bonds. The lowest BCUT2D eigenvalue weighted by Crippen LogP contribution is -2.36. The number of hydrogen-bond acceptors (Lipinski definition) is 3. The number of carboxylic acids is 1. The Morgan fingerprint density at radius 1 is 0.474 bits per heavy atom. The van der Waals surface area contributed by atoms with Gasteiger partial charge in [-0.1, -0.05) is 168 Å². The molecule has 0 aliphatic rings. The van der Waals surface area contributed by atoms with E-state index >= 15 is 0 Å². The third kappa shape index (κ3) is 42.5. The summed E-state index contributed by atoms with van der Waals surface area (Å²) in [5.41, 5.74) is 0. The van der Waals surface area contributed by atoms with Gasteiger partial charge in [0.25, 0.3) is 0 Å². The Balaban J connectivity index is 0. The van der Waals surface area contributed by atoms with Crippen LogP contribution in [0.5, 0.6) is 0 Å². The van der Waals surface area contributed by atoms with Crippen LogP contribution in [0.2, 0.25) is 0 Å². The summed E-state index contributed by atoms with van der Waals surface area (Å²) in [6, 6.07) is 0. The highest BCUT2D eigenvalue weighted by atomic mass is 16.5. The number of quaternary nitrogens is 1. The SMILES string of the molecule is CCCCCCCCCCCC(=O)[O-].CCCCCCCCCCCCCCCCCCCC[N+](C)(C)O. The first-order valence-corrected chi connectivity index (χ1v) is 17.1. The van der Waals surface area contributed by atoms with Crippen LogP contribution >= 0.6 is 0 Å². The van der Waals surface area contributed by atoms with Crippen LogP contribution in [0.15, 0.2) is 0 Å². The van der Waals surface area contributed by atoms with Crippen molar-refractivity contribution >= 4 is 5.97 Å². The van der Waals surface area contributed by atoms with Crippen LogP contribution in [0.3, 0.4) is 0 Å². The average Bonchev–Trinajstić information content (AvgIpc) is 2.86. The molecule has 0 unspecified atom stereocenters. The topological polar surface area (TPSA) is 60.4 Å². The third-order valence-electron chi connectivity index (χ3n) is 7.54. The summed E-state index contributed by atoms with van der Waals surface area (Å²) in [5, 5.41) is 19.7. The smallest absolute Gasteiger partial charge is 0.108 e. The molecule has 38 heavy (non-hydrogen) atoms. The molecule has 0 aromatic carbocycles. The molecule has 0 atom stereocenters. The lowest BCUT2D eigenvalue weighted by atomic mass is 10.0. The van der Waals surface area contributed by atoms with Crippen molar-refractivity contribution in [3.63, 3.8) is 0 Å². The van der Waals surface area contributed by atoms with Gasteiger partial charge < -0.3 is 9.90 Å². The Bertz CT molecular complexity index is 448. The van der Waals surface area contributed by atoms with Gasteiger partial charge in [0, 0.05) is 5.97 Å². The number of carbonyl (C=O) groups is 1. The molecule has 0 rings (SSSR count). The first-order chi connectivity index (χ1) is 18.3. The molecule has 0 aliphatic heterocycles. The van der Waals surface area contributed by atoms with Crippen LogP contribution in [0.25, 0.3) is 0 Å². The molecule has 0 saturated carbocycles. The van der Waals surface area contributed by atoms with Crippen molar-refractivity contribution in [1.82, 2.24) is 0 Å². The van der Waals surface area contributed by atoms with E-state index in [0.717, 1.165) is 25.8 Å². The average molecular weight is 542 g/mol. The van der Waals surface area contributed by atoms with E-state index in [1.54, 1.807) is 0 Å². The minimum Gasteiger partial charge on any atom is -0.550 e. The van der Waals surface area contributed by atoms with Crippen molar-refractivity contribution in [3.8, 4) is 0 Å². The van der Waals surface area contributed by atoms with Crippen LogP contribution in [-0.2, 0) is 4.79 Å². The van der Waals surface area contributed by atoms with Crippen molar-refractivity contribution in [2.75, 3.05) is 20.6 Å². The van der Waals surface area contributed by atoms with E-state index in [9.17, 15) is 15.1 Å². The highest BCUT2D eigenvalue weighted by Gasteiger charge is 2.08. The Morgan fingerprint density at radius 2 is 0.711 bits per heavy atom. The molecular weight excluding hydrogens is 470 g/mol. The quantitative estimate of drug-likeness (QED) is 0.0582. The molecular formula is C34H71NO3. The predicted molar refractivity (Wildman–Crippen MR) is 164 cm³/mol. The van der Waals surface area contributed by atoms with E-state index in [-0.39, 0.29) is 11.1 Å². The molecule has 0 bridgehead atoms. The summed E-state index contributed by atoms with van der Waals surface area (Å²) in [5.74, 6) is -0.909. The fraction of sp³-hybridized carbons (Fsp3) is 0.971. The van der Waals surface area contributed by atoms with Crippen LogP contribution in [0, 0.1) is 0 Å². The molecule has 4 heteroatoms. The van der Waals surface area contributed by atoms with Crippen LogP contribution in [0.4, 0.5) is 0 Å². The second kappa shape index (κ2) is 32.6. The second-order valence-corrected chi connectivity index (χ2v) is 12.3. The van der Waals surface area contributed by atoms with Gasteiger partial charge in [0.05, 0.1) is 14.1 Å². The molecule has 230 valence electrons. The molecule has 0 aromatic rings. The van der Waals surface area contributed by atoms with E-state index in [1.807, 2.05) is 14.1 Å². The van der Waals surface area contributed by atoms with Gasteiger partial charge in [0.15, 0.2) is 0 Å². The summed E-state index contributed by atoms with van der Waals surface area (Å²) >= 11 is 0. The molecule has 0 heterocycles. The number of unbranched alkanes of at least 4 members (excludes halogenated alkanes) is 25. The van der Waals surface area contributed by atoms with Gasteiger partial charge in [-0.3, -0.25) is 0 Å². The van der Waals surface area contributed by atoms with Crippen LogP contribution < -0.4 is 5.11 Å². The first-order valence-electron chi connectivity index (χ1n) is 17.1. The number of aliphatic carboxylic acids is 1. The predicted octanol–water partition coefficient (Wildman–Crippen LogP) is 10.2. The maximum absolute atomic E-state index is 10.1. The number of hydroxylamine groups is 3. The molecule has 0 spiro atoms. The fourth-order valence-corrected chi connectivity index (χ4v) is 4.98. The Hall–Kier alpha value is -0.610. The van der Waals surface area contributed by atoms with Crippen LogP contribution in [0.1, 0.15) is 194 Å². The van der Waals surface area contributed by atoms with Crippen molar-refractivity contribution in [2.45, 2.75) is 194 Å². The van der Waals surface area contributed by atoms with E-state index in [4.69, 9.17) is 0 Å². The highest BCUT2D eigenvalue weighted by Crippen LogP contribution is 2.14. The summed E-state index contributed by atoms with van der Waals surface area (Å²) < 4.78 is 0.124. The minimum absolute atomic E-state index is 0.124. The number of rotatable bonds is 29. The van der Waals surface area contributed by atoms with E-state index in [1.165, 1.54) is 154 Å². The van der Waals surface area contributed by atoms with Crippen molar-refractivity contribution in [2.24, 2.45) is 0 Å². The molecule has 0 aliphatic carbocycles. The van der Waals surface area contributed by atoms with Crippen molar-refractivity contribution < 1.29 is 19.8 Å². The maximum Gasteiger partial charge on any atom is 0.108 e. The zero-order valence-electron chi connectivity index (χ0n) is 26.7. The maximum atomic E-state index is 10.1. The number of carbonyl (C=O) groups excluding carboxylic acids is 1. The van der Waals surface area contributed by atoms with Gasteiger partial charge >= 0.3 is 0 Å². The highest BCUT2D eigenvalue weighted by molar-refractivity contribution is 5.64. The van der Waals surface area contributed by atoms with Gasteiger partial charge in [-0.25, -0.2) is 5.21 Å². The largest absolute Gasteiger partial charge is 0.550 e. The number of hydrogen-bond donors (Lipinski definition) is 1. The molecule has 0 aromatic heterocycles. The lowest BCUT2D eigenvalue weighted by Gasteiger charge is -2.18. The zero-order chi connectivity index (χ0) is 28.6. The first kappa shape index (κ1) is 39.5. The van der Waals surface area contributed by atoms with Gasteiger partial charge in [-0.05, 0) is 25.7 Å². The van der Waals surface area contributed by atoms with Crippen molar-refractivity contribution in [3.05, 3.63) is 0 Å². The van der Waals surface area contributed by atoms with Crippen LogP contribution in [-0.4, -0.2) is 36.5 Å². The van der Waals surface area contributed by atoms with E-state index < -0.39 is 5.97 Å². The van der Waals surface area contributed by atoms with Crippen molar-refractivity contribution in [1.29, 1.82) is 0 Å². The van der Waals surface area contributed by atoms with E-state index in [0.29, 0.717) is 0 Å². The minimum atomic E-state index is -0.909. The molecule has 0 fully saturated rings. The summed E-state index contributed by atoms with van der Waals surface area (Å²) in [6.45, 7) is 5.40. The van der Waals surface area contributed by atoms with Gasteiger partial charge in [-0.15, -0.1) is 0 Å². The standard InChI is InChI=1S/C22H48NO.C12H24O2/c1-4-5-6-7-8-9-10-11-12-13-14-15-16-17-18-19-20-21-22-23(2,3)24;1-2-3-4-5-6-7-8-9-10-11-12(13)14/h24H,4-22H2,1-3H3;2-11H2,1H3,(H,13,14)/q+1;/p-1. The van der Waals surface area contributed by atoms with E-state index in [2.05, 4.69) is 13.8 Å². The monoisotopic (exact) mass is 542 g/mol. The molecule has 0 radical (unpaired) electrons. The summed E-state index contributed by atoms with van der Waals surface area (Å²) in [6.07, 6.45) is 36.6. The fourth-order valence-electron chi connectivity index (χ4n) is 4.98. The lowest BCUT2D eigenvalue weighted by molar-refractivity contribution is -1.07. The Labute approximate surface area is 239 Å². The van der Waals surface area contributed by atoms with Gasteiger partial charge in [-0.2, -0.15) is 4.65 Å². The molecule has 4 nitrogen and oxygen atoms in total. The summed E-state index contributed by atoms with van der Waals surface area (Å²) in [7, 11) is 3.71. The van der Waals surface area contributed by atoms with Gasteiger partial charge in [0.2, 0.25) is 0 Å². The molecule has 0 saturated heterocycles. The molecule has 1 N–H and O–H groups in total. The Kier molecular flexibility index (Phi) is 33.9. The normalized spacial score (nSPS) is 11.4. The Morgan fingerprint density at radius 3 is 0.947 bits per heavy atom. The van der Waals surface area contributed by atoms with Gasteiger partial charge in [0.1, 0.15) is 6.54 Å². The third-order valence-corrected chi connectivity index (χ3v) is 7.54. The zero-order valence-corrected chi connectivity index (χ0v) is 26.7. The number of carboxylic acid groups (broad SMARTS) is 1. The number of nitrogens with zero attached hydrogens (tertiary/aromatic N) is 1.